The van der Waals surface area contributed by atoms with E-state index in [1.54, 1.807) is 0 Å². The van der Waals surface area contributed by atoms with E-state index in [9.17, 15) is 9.59 Å². The number of benzene rings is 1. The predicted molar refractivity (Wildman–Crippen MR) is 91.0 cm³/mol. The average molecular weight is 316 g/mol. The van der Waals surface area contributed by atoms with Crippen molar-refractivity contribution in [1.82, 2.24) is 0 Å². The maximum Gasteiger partial charge on any atom is 0.306 e. The van der Waals surface area contributed by atoms with Gasteiger partial charge in [0.1, 0.15) is 0 Å². The van der Waals surface area contributed by atoms with Crippen molar-refractivity contribution in [2.24, 2.45) is 16.7 Å². The third-order valence-corrected chi connectivity index (χ3v) is 6.17. The van der Waals surface area contributed by atoms with E-state index in [1.807, 2.05) is 37.3 Å². The van der Waals surface area contributed by atoms with Crippen LogP contribution in [0.25, 0.3) is 0 Å². The summed E-state index contributed by atoms with van der Waals surface area (Å²) < 4.78 is 5.24. The fraction of sp³-hybridized carbons (Fsp3) is 0.600. The lowest BCUT2D eigenvalue weighted by atomic mass is 9.64. The normalized spacial score (nSPS) is 26.0. The molecule has 0 heterocycles. The van der Waals surface area contributed by atoms with E-state index < -0.39 is 5.41 Å². The minimum atomic E-state index is -0.397. The fourth-order valence-electron chi connectivity index (χ4n) is 3.50. The van der Waals surface area contributed by atoms with Crippen LogP contribution in [0.4, 0.5) is 0 Å². The Bertz CT molecular complexity index is 562. The highest BCUT2D eigenvalue weighted by atomic mass is 16.5. The van der Waals surface area contributed by atoms with Crippen LogP contribution in [0.1, 0.15) is 52.5 Å². The molecule has 1 fully saturated rings. The number of ketones is 1. The van der Waals surface area contributed by atoms with Crippen molar-refractivity contribution in [1.29, 1.82) is 0 Å². The molecule has 0 saturated heterocycles. The largest absolute Gasteiger partial charge is 0.458 e. The minimum absolute atomic E-state index is 0.0550. The molecule has 1 aromatic rings. The summed E-state index contributed by atoms with van der Waals surface area (Å²) in [6.07, 6.45) is 2.89. The number of hydrogen-bond donors (Lipinski definition) is 0. The Morgan fingerprint density at radius 1 is 1.17 bits per heavy atom. The number of esters is 1. The first kappa shape index (κ1) is 17.7. The van der Waals surface area contributed by atoms with Crippen molar-refractivity contribution >= 4 is 11.8 Å². The third kappa shape index (κ3) is 3.65. The van der Waals surface area contributed by atoms with Gasteiger partial charge in [-0.2, -0.15) is 0 Å². The molecule has 1 aliphatic rings. The molecule has 0 radical (unpaired) electrons. The summed E-state index contributed by atoms with van der Waals surface area (Å²) >= 11 is 0. The smallest absolute Gasteiger partial charge is 0.306 e. The summed E-state index contributed by atoms with van der Waals surface area (Å²) in [6, 6.07) is 9.83. The molecule has 3 heteroatoms. The van der Waals surface area contributed by atoms with Crippen molar-refractivity contribution < 1.29 is 14.3 Å². The van der Waals surface area contributed by atoms with E-state index in [2.05, 4.69) is 20.8 Å². The Labute approximate surface area is 139 Å². The highest BCUT2D eigenvalue weighted by molar-refractivity contribution is 5.88. The Hall–Kier alpha value is -1.64. The average Bonchev–Trinajstić information content (AvgIpc) is 2.75. The summed E-state index contributed by atoms with van der Waals surface area (Å²) in [5.41, 5.74) is 0.653. The summed E-state index contributed by atoms with van der Waals surface area (Å²) in [4.78, 5) is 24.5. The Kier molecular flexibility index (Phi) is 5.28. The van der Waals surface area contributed by atoms with E-state index in [0.717, 1.165) is 18.4 Å². The van der Waals surface area contributed by atoms with Gasteiger partial charge in [0.2, 0.25) is 0 Å². The van der Waals surface area contributed by atoms with Crippen LogP contribution >= 0.6 is 0 Å². The number of aryl methyl sites for hydroxylation is 1. The van der Waals surface area contributed by atoms with Crippen molar-refractivity contribution in [2.75, 3.05) is 6.61 Å². The molecule has 0 N–H and O–H groups in total. The second kappa shape index (κ2) is 6.86. The lowest BCUT2D eigenvalue weighted by Gasteiger charge is -2.39. The molecule has 1 saturated carbocycles. The van der Waals surface area contributed by atoms with Crippen molar-refractivity contribution in [3.8, 4) is 0 Å². The standard InChI is InChI=1S/C20H28O3/c1-15-12-13-20(4,19(15,2)3)17(21)14-23-18(22)11-10-16-8-6-5-7-9-16/h5-9,15H,10-14H2,1-4H3/t15-,20+/m1/s1. The van der Waals surface area contributed by atoms with E-state index in [1.165, 1.54) is 0 Å². The van der Waals surface area contributed by atoms with Crippen LogP contribution < -0.4 is 0 Å². The second-order valence-electron chi connectivity index (χ2n) is 7.56. The molecule has 0 amide bonds. The molecule has 23 heavy (non-hydrogen) atoms. The van der Waals surface area contributed by atoms with Gasteiger partial charge in [0, 0.05) is 11.8 Å². The first-order valence-corrected chi connectivity index (χ1v) is 8.50. The zero-order valence-electron chi connectivity index (χ0n) is 14.7. The molecule has 2 rings (SSSR count). The van der Waals surface area contributed by atoms with Crippen LogP contribution in [-0.2, 0) is 20.7 Å². The summed E-state index contributed by atoms with van der Waals surface area (Å²) in [5, 5.41) is 0. The maximum atomic E-state index is 12.6. The highest BCUT2D eigenvalue weighted by Gasteiger charge is 2.53. The van der Waals surface area contributed by atoms with Gasteiger partial charge in [-0.3, -0.25) is 9.59 Å². The second-order valence-corrected chi connectivity index (χ2v) is 7.56. The van der Waals surface area contributed by atoms with Gasteiger partial charge in [0.05, 0.1) is 0 Å². The van der Waals surface area contributed by atoms with Gasteiger partial charge in [-0.1, -0.05) is 58.0 Å². The molecule has 0 bridgehead atoms. The minimum Gasteiger partial charge on any atom is -0.458 e. The molecular formula is C20H28O3. The third-order valence-electron chi connectivity index (χ3n) is 6.17. The molecule has 0 aliphatic heterocycles. The Morgan fingerprint density at radius 2 is 1.83 bits per heavy atom. The molecule has 0 aromatic heterocycles. The van der Waals surface area contributed by atoms with E-state index in [4.69, 9.17) is 4.74 Å². The molecule has 0 spiro atoms. The zero-order valence-corrected chi connectivity index (χ0v) is 14.7. The van der Waals surface area contributed by atoms with Crippen LogP contribution in [0.3, 0.4) is 0 Å². The van der Waals surface area contributed by atoms with Crippen LogP contribution in [0.15, 0.2) is 30.3 Å². The fourth-order valence-corrected chi connectivity index (χ4v) is 3.50. The zero-order chi connectivity index (χ0) is 17.1. The molecular weight excluding hydrogens is 288 g/mol. The lowest BCUT2D eigenvalue weighted by molar-refractivity contribution is -0.152. The van der Waals surface area contributed by atoms with Gasteiger partial charge < -0.3 is 4.74 Å². The topological polar surface area (TPSA) is 43.4 Å². The molecule has 126 valence electrons. The number of rotatable bonds is 6. The van der Waals surface area contributed by atoms with Crippen molar-refractivity contribution in [2.45, 2.75) is 53.4 Å². The highest BCUT2D eigenvalue weighted by Crippen LogP contribution is 2.56. The van der Waals surface area contributed by atoms with E-state index in [-0.39, 0.29) is 23.8 Å². The number of carbonyl (C=O) groups excluding carboxylic acids is 2. The quantitative estimate of drug-likeness (QED) is 0.739. The van der Waals surface area contributed by atoms with Gasteiger partial charge in [-0.05, 0) is 36.2 Å². The van der Waals surface area contributed by atoms with Crippen LogP contribution in [-0.4, -0.2) is 18.4 Å². The van der Waals surface area contributed by atoms with Gasteiger partial charge in [0.25, 0.3) is 0 Å². The Balaban J connectivity index is 1.83. The first-order chi connectivity index (χ1) is 10.8. The number of carbonyl (C=O) groups is 2. The monoisotopic (exact) mass is 316 g/mol. The number of Topliss-reactive ketones (excluding diaryl/α,β-unsaturated/α-hetero) is 1. The van der Waals surface area contributed by atoms with Crippen LogP contribution in [0.2, 0.25) is 0 Å². The van der Waals surface area contributed by atoms with Gasteiger partial charge in [0.15, 0.2) is 12.4 Å². The molecule has 1 aromatic carbocycles. The predicted octanol–water partition coefficient (Wildman–Crippen LogP) is 4.19. The SMILES string of the molecule is C[C@@H]1CC[C@@](C)(C(=O)COC(=O)CCc2ccccc2)C1(C)C. The van der Waals surface area contributed by atoms with E-state index in [0.29, 0.717) is 18.8 Å². The summed E-state index contributed by atoms with van der Waals surface area (Å²) in [6.45, 7) is 8.43. The first-order valence-electron chi connectivity index (χ1n) is 8.50. The number of ether oxygens (including phenoxy) is 1. The van der Waals surface area contributed by atoms with E-state index >= 15 is 0 Å². The summed E-state index contributed by atoms with van der Waals surface area (Å²) in [5.74, 6) is 0.264. The molecule has 0 unspecified atom stereocenters. The van der Waals surface area contributed by atoms with Crippen molar-refractivity contribution in [3.05, 3.63) is 35.9 Å². The van der Waals surface area contributed by atoms with Gasteiger partial charge in [-0.25, -0.2) is 0 Å². The van der Waals surface area contributed by atoms with Gasteiger partial charge >= 0.3 is 5.97 Å². The van der Waals surface area contributed by atoms with Crippen molar-refractivity contribution in [3.63, 3.8) is 0 Å². The number of hydrogen-bond acceptors (Lipinski definition) is 3. The molecule has 1 aliphatic carbocycles. The lowest BCUT2D eigenvalue weighted by Crippen LogP contribution is -2.42. The van der Waals surface area contributed by atoms with Crippen LogP contribution in [0, 0.1) is 16.7 Å². The Morgan fingerprint density at radius 3 is 2.39 bits per heavy atom. The maximum absolute atomic E-state index is 12.6. The molecule has 3 nitrogen and oxygen atoms in total. The summed E-state index contributed by atoms with van der Waals surface area (Å²) in [7, 11) is 0. The van der Waals surface area contributed by atoms with Crippen LogP contribution in [0.5, 0.6) is 0 Å². The molecule has 2 atom stereocenters. The van der Waals surface area contributed by atoms with Gasteiger partial charge in [-0.15, -0.1) is 0 Å².